The number of hydrogen-bond donors (Lipinski definition) is 1. The molecular formula is C12H8FNO2. The van der Waals surface area contributed by atoms with E-state index in [9.17, 15) is 9.18 Å². The van der Waals surface area contributed by atoms with Crippen molar-refractivity contribution in [1.82, 2.24) is 4.98 Å². The first-order valence-electron chi connectivity index (χ1n) is 4.63. The zero-order chi connectivity index (χ0) is 11.5. The number of rotatable bonds is 2. The van der Waals surface area contributed by atoms with E-state index in [0.29, 0.717) is 11.1 Å². The van der Waals surface area contributed by atoms with Gasteiger partial charge in [0, 0.05) is 11.8 Å². The van der Waals surface area contributed by atoms with Crippen molar-refractivity contribution in [3.8, 4) is 11.1 Å². The normalized spacial score (nSPS) is 10.1. The van der Waals surface area contributed by atoms with Crippen LogP contribution in [0.15, 0.2) is 42.6 Å². The Morgan fingerprint density at radius 1 is 1.25 bits per heavy atom. The number of halogens is 1. The minimum Gasteiger partial charge on any atom is -0.476 e. The van der Waals surface area contributed by atoms with E-state index >= 15 is 0 Å². The Balaban J connectivity index is 2.60. The molecule has 3 nitrogen and oxygen atoms in total. The maximum atomic E-state index is 13.0. The maximum Gasteiger partial charge on any atom is 0.355 e. The first-order valence-corrected chi connectivity index (χ1v) is 4.63. The number of pyridine rings is 1. The Morgan fingerprint density at radius 2 is 2.06 bits per heavy atom. The fourth-order valence-corrected chi connectivity index (χ4v) is 1.46. The molecule has 0 aliphatic heterocycles. The van der Waals surface area contributed by atoms with Gasteiger partial charge in [-0.2, -0.15) is 0 Å². The molecule has 0 amide bonds. The standard InChI is InChI=1S/C12H8FNO2/c13-9-4-1-3-8(7-9)10-5-2-6-14-11(10)12(15)16/h1-7H,(H,15,16). The van der Waals surface area contributed by atoms with Gasteiger partial charge in [0.1, 0.15) is 5.82 Å². The number of carboxylic acid groups (broad SMARTS) is 1. The first kappa shape index (κ1) is 10.3. The number of hydrogen-bond acceptors (Lipinski definition) is 2. The SMILES string of the molecule is O=C(O)c1ncccc1-c1cccc(F)c1. The second-order valence-electron chi connectivity index (χ2n) is 3.22. The zero-order valence-corrected chi connectivity index (χ0v) is 8.22. The molecule has 80 valence electrons. The van der Waals surface area contributed by atoms with Crippen molar-refractivity contribution in [2.24, 2.45) is 0 Å². The molecule has 0 aliphatic carbocycles. The number of carboxylic acids is 1. The van der Waals surface area contributed by atoms with E-state index in [1.807, 2.05) is 0 Å². The molecule has 0 unspecified atom stereocenters. The third-order valence-electron chi connectivity index (χ3n) is 2.15. The lowest BCUT2D eigenvalue weighted by Crippen LogP contribution is -2.02. The van der Waals surface area contributed by atoms with Crippen molar-refractivity contribution < 1.29 is 14.3 Å². The highest BCUT2D eigenvalue weighted by molar-refractivity contribution is 5.93. The van der Waals surface area contributed by atoms with Crippen molar-refractivity contribution in [2.45, 2.75) is 0 Å². The summed E-state index contributed by atoms with van der Waals surface area (Å²) in [5.41, 5.74) is 0.841. The molecule has 2 rings (SSSR count). The van der Waals surface area contributed by atoms with Crippen LogP contribution in [0.25, 0.3) is 11.1 Å². The van der Waals surface area contributed by atoms with Gasteiger partial charge in [0.25, 0.3) is 0 Å². The highest BCUT2D eigenvalue weighted by Crippen LogP contribution is 2.22. The number of nitrogens with zero attached hydrogens (tertiary/aromatic N) is 1. The number of benzene rings is 1. The fourth-order valence-electron chi connectivity index (χ4n) is 1.46. The monoisotopic (exact) mass is 217 g/mol. The molecular weight excluding hydrogens is 209 g/mol. The van der Waals surface area contributed by atoms with Gasteiger partial charge in [0.2, 0.25) is 0 Å². The van der Waals surface area contributed by atoms with Crippen LogP contribution in [0.4, 0.5) is 4.39 Å². The third-order valence-corrected chi connectivity index (χ3v) is 2.15. The molecule has 1 aromatic carbocycles. The number of aromatic carboxylic acids is 1. The minimum absolute atomic E-state index is 0.0758. The van der Waals surface area contributed by atoms with E-state index in [4.69, 9.17) is 5.11 Å². The summed E-state index contributed by atoms with van der Waals surface area (Å²) < 4.78 is 13.0. The van der Waals surface area contributed by atoms with E-state index in [-0.39, 0.29) is 5.69 Å². The van der Waals surface area contributed by atoms with Gasteiger partial charge in [0.15, 0.2) is 5.69 Å². The average Bonchev–Trinajstić information content (AvgIpc) is 2.29. The topological polar surface area (TPSA) is 50.2 Å². The van der Waals surface area contributed by atoms with E-state index in [0.717, 1.165) is 0 Å². The van der Waals surface area contributed by atoms with Crippen LogP contribution >= 0.6 is 0 Å². The van der Waals surface area contributed by atoms with Crippen LogP contribution < -0.4 is 0 Å². The molecule has 0 bridgehead atoms. The van der Waals surface area contributed by atoms with Crippen LogP contribution in [-0.2, 0) is 0 Å². The average molecular weight is 217 g/mol. The quantitative estimate of drug-likeness (QED) is 0.841. The smallest absolute Gasteiger partial charge is 0.355 e. The van der Waals surface area contributed by atoms with Crippen LogP contribution in [0, 0.1) is 5.82 Å². The summed E-state index contributed by atoms with van der Waals surface area (Å²) in [7, 11) is 0. The Kier molecular flexibility index (Phi) is 2.64. The lowest BCUT2D eigenvalue weighted by atomic mass is 10.0. The third kappa shape index (κ3) is 1.91. The molecule has 16 heavy (non-hydrogen) atoms. The van der Waals surface area contributed by atoms with Crippen molar-refractivity contribution >= 4 is 5.97 Å². The highest BCUT2D eigenvalue weighted by Gasteiger charge is 2.12. The Labute approximate surface area is 91.2 Å². The number of carbonyl (C=O) groups is 1. The Morgan fingerprint density at radius 3 is 2.75 bits per heavy atom. The highest BCUT2D eigenvalue weighted by atomic mass is 19.1. The van der Waals surface area contributed by atoms with Crippen LogP contribution in [0.5, 0.6) is 0 Å². The van der Waals surface area contributed by atoms with E-state index in [2.05, 4.69) is 4.98 Å². The Hall–Kier alpha value is -2.23. The molecule has 0 radical (unpaired) electrons. The molecule has 1 heterocycles. The predicted molar refractivity (Wildman–Crippen MR) is 56.6 cm³/mol. The van der Waals surface area contributed by atoms with Crippen LogP contribution in [0.1, 0.15) is 10.5 Å². The van der Waals surface area contributed by atoms with Gasteiger partial charge < -0.3 is 5.11 Å². The summed E-state index contributed by atoms with van der Waals surface area (Å²) in [4.78, 5) is 14.7. The second-order valence-corrected chi connectivity index (χ2v) is 3.22. The fraction of sp³-hybridized carbons (Fsp3) is 0. The summed E-state index contributed by atoms with van der Waals surface area (Å²) in [5.74, 6) is -1.53. The van der Waals surface area contributed by atoms with Gasteiger partial charge in [-0.1, -0.05) is 18.2 Å². The van der Waals surface area contributed by atoms with Crippen molar-refractivity contribution in [3.63, 3.8) is 0 Å². The summed E-state index contributed by atoms with van der Waals surface area (Å²) in [5, 5.41) is 8.94. The van der Waals surface area contributed by atoms with Crippen LogP contribution in [0.3, 0.4) is 0 Å². The van der Waals surface area contributed by atoms with Gasteiger partial charge >= 0.3 is 5.97 Å². The molecule has 1 N–H and O–H groups in total. The Bertz CT molecular complexity index is 540. The molecule has 0 aliphatic rings. The minimum atomic E-state index is -1.13. The first-order chi connectivity index (χ1) is 7.68. The van der Waals surface area contributed by atoms with E-state index in [1.54, 1.807) is 18.2 Å². The lowest BCUT2D eigenvalue weighted by Gasteiger charge is -2.04. The molecule has 0 fully saturated rings. The summed E-state index contributed by atoms with van der Waals surface area (Å²) in [6.45, 7) is 0. The zero-order valence-electron chi connectivity index (χ0n) is 8.22. The van der Waals surface area contributed by atoms with Crippen LogP contribution in [-0.4, -0.2) is 16.1 Å². The molecule has 2 aromatic rings. The molecule has 0 saturated carbocycles. The van der Waals surface area contributed by atoms with Crippen LogP contribution in [0.2, 0.25) is 0 Å². The van der Waals surface area contributed by atoms with Gasteiger partial charge in [-0.25, -0.2) is 14.2 Å². The van der Waals surface area contributed by atoms with E-state index in [1.165, 1.54) is 24.4 Å². The van der Waals surface area contributed by atoms with Gasteiger partial charge in [-0.3, -0.25) is 0 Å². The predicted octanol–water partition coefficient (Wildman–Crippen LogP) is 2.59. The number of aromatic nitrogens is 1. The lowest BCUT2D eigenvalue weighted by molar-refractivity contribution is 0.0691. The summed E-state index contributed by atoms with van der Waals surface area (Å²) in [6, 6.07) is 8.98. The largest absolute Gasteiger partial charge is 0.476 e. The van der Waals surface area contributed by atoms with E-state index < -0.39 is 11.8 Å². The maximum absolute atomic E-state index is 13.0. The van der Waals surface area contributed by atoms with Crippen molar-refractivity contribution in [3.05, 3.63) is 54.1 Å². The van der Waals surface area contributed by atoms with Gasteiger partial charge in [0.05, 0.1) is 0 Å². The van der Waals surface area contributed by atoms with Crippen molar-refractivity contribution in [1.29, 1.82) is 0 Å². The summed E-state index contributed by atoms with van der Waals surface area (Å²) in [6.07, 6.45) is 1.40. The van der Waals surface area contributed by atoms with Crippen molar-refractivity contribution in [2.75, 3.05) is 0 Å². The molecule has 0 atom stereocenters. The molecule has 0 saturated heterocycles. The molecule has 0 spiro atoms. The molecule has 1 aromatic heterocycles. The van der Waals surface area contributed by atoms with Gasteiger partial charge in [-0.05, 0) is 23.8 Å². The second kappa shape index (κ2) is 4.10. The molecule has 4 heteroatoms. The summed E-state index contributed by atoms with van der Waals surface area (Å²) >= 11 is 0. The van der Waals surface area contributed by atoms with Gasteiger partial charge in [-0.15, -0.1) is 0 Å².